The predicted octanol–water partition coefficient (Wildman–Crippen LogP) is 1.98. The molecular weight excluding hydrogens is 413 g/mol. The quantitative estimate of drug-likeness (QED) is 0.603. The number of nitrogens with one attached hydrogen (secondary N) is 1. The zero-order valence-corrected chi connectivity index (χ0v) is 18.3. The average molecular weight is 440 g/mol. The van der Waals surface area contributed by atoms with Crippen LogP contribution in [0.5, 0.6) is 0 Å². The molecule has 1 N–H and O–H groups in total. The molecule has 1 heterocycles. The van der Waals surface area contributed by atoms with E-state index in [9.17, 15) is 22.4 Å². The van der Waals surface area contributed by atoms with Crippen LogP contribution in [-0.4, -0.2) is 48.9 Å². The number of hydrogen-bond acceptors (Lipinski definition) is 5. The summed E-state index contributed by atoms with van der Waals surface area (Å²) in [5.74, 6) is -1.75. The summed E-state index contributed by atoms with van der Waals surface area (Å²) in [6, 6.07) is 5.84. The maximum atomic E-state index is 13.5. The van der Waals surface area contributed by atoms with Crippen LogP contribution < -0.4 is 5.32 Å². The maximum Gasteiger partial charge on any atom is 0.355 e. The number of halogens is 1. The van der Waals surface area contributed by atoms with E-state index in [1.54, 1.807) is 32.9 Å². The highest BCUT2D eigenvalue weighted by Crippen LogP contribution is 2.19. The fraction of sp³-hybridized carbons (Fsp3) is 0.400. The predicted molar refractivity (Wildman–Crippen MR) is 109 cm³/mol. The van der Waals surface area contributed by atoms with E-state index in [-0.39, 0.29) is 23.0 Å². The van der Waals surface area contributed by atoms with Crippen molar-refractivity contribution in [2.24, 2.45) is 7.05 Å². The minimum atomic E-state index is -3.72. The molecule has 1 amide bonds. The smallest absolute Gasteiger partial charge is 0.355 e. The van der Waals surface area contributed by atoms with Crippen molar-refractivity contribution in [3.05, 3.63) is 53.1 Å². The highest BCUT2D eigenvalue weighted by Gasteiger charge is 2.26. The van der Waals surface area contributed by atoms with Gasteiger partial charge in [-0.25, -0.2) is 17.6 Å². The Balaban J connectivity index is 1.97. The van der Waals surface area contributed by atoms with E-state index >= 15 is 0 Å². The van der Waals surface area contributed by atoms with Gasteiger partial charge in [0.2, 0.25) is 10.0 Å². The summed E-state index contributed by atoms with van der Waals surface area (Å²) in [7, 11) is -2.20. The van der Waals surface area contributed by atoms with Crippen LogP contribution in [0.1, 0.15) is 35.5 Å². The lowest BCUT2D eigenvalue weighted by molar-refractivity contribution is -0.124. The summed E-state index contributed by atoms with van der Waals surface area (Å²) in [5, 5.41) is 2.53. The number of aromatic nitrogens is 1. The lowest BCUT2D eigenvalue weighted by Gasteiger charge is -2.17. The van der Waals surface area contributed by atoms with Gasteiger partial charge in [0.05, 0.1) is 0 Å². The first kappa shape index (κ1) is 23.6. The molecule has 0 unspecified atom stereocenters. The summed E-state index contributed by atoms with van der Waals surface area (Å²) in [5.41, 5.74) is 1.09. The van der Waals surface area contributed by atoms with E-state index in [4.69, 9.17) is 4.74 Å². The Kier molecular flexibility index (Phi) is 7.74. The minimum Gasteiger partial charge on any atom is -0.451 e. The van der Waals surface area contributed by atoms with Gasteiger partial charge in [-0.05, 0) is 30.2 Å². The summed E-state index contributed by atoms with van der Waals surface area (Å²) in [6.45, 7) is 5.24. The van der Waals surface area contributed by atoms with Gasteiger partial charge in [0.1, 0.15) is 16.4 Å². The topological polar surface area (TPSA) is 97.7 Å². The van der Waals surface area contributed by atoms with E-state index in [1.165, 1.54) is 34.2 Å². The van der Waals surface area contributed by atoms with Crippen LogP contribution in [-0.2, 0) is 33.1 Å². The van der Waals surface area contributed by atoms with Gasteiger partial charge in [0, 0.05) is 32.9 Å². The zero-order chi connectivity index (χ0) is 22.5. The normalized spacial score (nSPS) is 11.5. The fourth-order valence-electron chi connectivity index (χ4n) is 2.79. The Morgan fingerprint density at radius 1 is 1.20 bits per heavy atom. The number of nitrogens with zero attached hydrogens (tertiary/aromatic N) is 2. The molecule has 0 aliphatic carbocycles. The van der Waals surface area contributed by atoms with Gasteiger partial charge in [-0.3, -0.25) is 4.79 Å². The Bertz CT molecular complexity index is 1030. The molecule has 0 radical (unpaired) electrons. The van der Waals surface area contributed by atoms with Crippen LogP contribution in [0.25, 0.3) is 0 Å². The zero-order valence-electron chi connectivity index (χ0n) is 17.4. The third kappa shape index (κ3) is 5.45. The van der Waals surface area contributed by atoms with Crippen molar-refractivity contribution in [1.29, 1.82) is 0 Å². The second kappa shape index (κ2) is 9.86. The van der Waals surface area contributed by atoms with Crippen LogP contribution in [0.3, 0.4) is 0 Å². The first-order chi connectivity index (χ1) is 14.1. The van der Waals surface area contributed by atoms with Crippen molar-refractivity contribution >= 4 is 21.9 Å². The van der Waals surface area contributed by atoms with Crippen molar-refractivity contribution in [2.75, 3.05) is 19.7 Å². The van der Waals surface area contributed by atoms with Crippen molar-refractivity contribution < 1.29 is 27.1 Å². The third-order valence-electron chi connectivity index (χ3n) is 4.59. The first-order valence-corrected chi connectivity index (χ1v) is 10.9. The summed E-state index contributed by atoms with van der Waals surface area (Å²) in [6.07, 6.45) is 1.33. The summed E-state index contributed by atoms with van der Waals surface area (Å²) >= 11 is 0. The molecule has 0 aliphatic rings. The number of aryl methyl sites for hydroxylation is 2. The van der Waals surface area contributed by atoms with Crippen molar-refractivity contribution in [1.82, 2.24) is 14.2 Å². The Hall–Kier alpha value is -2.72. The molecule has 0 atom stereocenters. The minimum absolute atomic E-state index is 0.00846. The van der Waals surface area contributed by atoms with Gasteiger partial charge in [0.15, 0.2) is 6.61 Å². The summed E-state index contributed by atoms with van der Waals surface area (Å²) in [4.78, 5) is 24.2. The van der Waals surface area contributed by atoms with Crippen LogP contribution in [0.4, 0.5) is 4.39 Å². The number of ether oxygens (including phenoxy) is 1. The molecule has 1 aromatic carbocycles. The largest absolute Gasteiger partial charge is 0.451 e. The van der Waals surface area contributed by atoms with E-state index in [0.717, 1.165) is 0 Å². The van der Waals surface area contributed by atoms with Gasteiger partial charge in [-0.1, -0.05) is 26.0 Å². The molecular formula is C20H26FN3O5S. The standard InChI is InChI=1S/C20H26FN3O5S/c1-5-24(6-2)30(27,28)16-10-18(23(4)12-16)20(26)29-13-19(25)22-11-15-8-7-14(3)17(21)9-15/h7-10,12H,5-6,11,13H2,1-4H3,(H,22,25). The van der Waals surface area contributed by atoms with Gasteiger partial charge >= 0.3 is 5.97 Å². The molecule has 2 rings (SSSR count). The van der Waals surface area contributed by atoms with E-state index in [1.807, 2.05) is 0 Å². The molecule has 0 aliphatic heterocycles. The van der Waals surface area contributed by atoms with Crippen molar-refractivity contribution in [2.45, 2.75) is 32.2 Å². The van der Waals surface area contributed by atoms with Crippen LogP contribution in [0.2, 0.25) is 0 Å². The molecule has 164 valence electrons. The molecule has 10 heteroatoms. The van der Waals surface area contributed by atoms with Gasteiger partial charge < -0.3 is 14.6 Å². The number of benzene rings is 1. The van der Waals surface area contributed by atoms with E-state index in [0.29, 0.717) is 24.2 Å². The third-order valence-corrected chi connectivity index (χ3v) is 6.61. The van der Waals surface area contributed by atoms with E-state index in [2.05, 4.69) is 5.32 Å². The second-order valence-corrected chi connectivity index (χ2v) is 8.64. The van der Waals surface area contributed by atoms with Crippen molar-refractivity contribution in [3.8, 4) is 0 Å². The van der Waals surface area contributed by atoms with Crippen LogP contribution in [0.15, 0.2) is 35.4 Å². The number of carbonyl (C=O) groups is 2. The molecule has 30 heavy (non-hydrogen) atoms. The Morgan fingerprint density at radius 2 is 1.87 bits per heavy atom. The number of carbonyl (C=O) groups excluding carboxylic acids is 2. The number of rotatable bonds is 9. The molecule has 0 fully saturated rings. The molecule has 0 saturated carbocycles. The number of hydrogen-bond donors (Lipinski definition) is 1. The monoisotopic (exact) mass is 439 g/mol. The SMILES string of the molecule is CCN(CC)S(=O)(=O)c1cc(C(=O)OCC(=O)NCc2ccc(C)c(F)c2)n(C)c1. The van der Waals surface area contributed by atoms with Crippen molar-refractivity contribution in [3.63, 3.8) is 0 Å². The molecule has 0 spiro atoms. The summed E-state index contributed by atoms with van der Waals surface area (Å²) < 4.78 is 46.3. The van der Waals surface area contributed by atoms with Gasteiger partial charge in [-0.15, -0.1) is 0 Å². The molecule has 0 saturated heterocycles. The lowest BCUT2D eigenvalue weighted by Crippen LogP contribution is -2.30. The molecule has 0 bridgehead atoms. The molecule has 2 aromatic rings. The second-order valence-electron chi connectivity index (χ2n) is 6.70. The van der Waals surface area contributed by atoms with Gasteiger partial charge in [0.25, 0.3) is 5.91 Å². The van der Waals surface area contributed by atoms with E-state index < -0.39 is 28.5 Å². The Labute approximate surface area is 175 Å². The highest BCUT2D eigenvalue weighted by molar-refractivity contribution is 7.89. The average Bonchev–Trinajstić information content (AvgIpc) is 3.10. The maximum absolute atomic E-state index is 13.5. The van der Waals surface area contributed by atoms with Crippen LogP contribution >= 0.6 is 0 Å². The number of amides is 1. The Morgan fingerprint density at radius 3 is 2.47 bits per heavy atom. The van der Waals surface area contributed by atoms with Gasteiger partial charge in [-0.2, -0.15) is 4.31 Å². The highest BCUT2D eigenvalue weighted by atomic mass is 32.2. The van der Waals surface area contributed by atoms with Crippen LogP contribution in [0, 0.1) is 12.7 Å². The number of sulfonamides is 1. The first-order valence-electron chi connectivity index (χ1n) is 9.45. The number of esters is 1. The molecule has 8 nitrogen and oxygen atoms in total. The molecule has 1 aromatic heterocycles. The lowest BCUT2D eigenvalue weighted by atomic mass is 10.1. The fourth-order valence-corrected chi connectivity index (χ4v) is 4.32.